The predicted octanol–water partition coefficient (Wildman–Crippen LogP) is 4.08. The third-order valence-corrected chi connectivity index (χ3v) is 3.67. The minimum Gasteiger partial charge on any atom is -0.495 e. The van der Waals surface area contributed by atoms with Gasteiger partial charge in [-0.15, -0.1) is 0 Å². The van der Waals surface area contributed by atoms with Gasteiger partial charge in [0.05, 0.1) is 14.2 Å². The number of methoxy groups -OCH3 is 2. The van der Waals surface area contributed by atoms with Crippen LogP contribution in [0.2, 0.25) is 0 Å². The molecular weight excluding hydrogens is 327 g/mol. The van der Waals surface area contributed by atoms with Crippen molar-refractivity contribution in [3.63, 3.8) is 0 Å². The molecule has 5 heteroatoms. The Balaban J connectivity index is 2.70. The first-order valence-electron chi connectivity index (χ1n) is 5.78. The van der Waals surface area contributed by atoms with Crippen molar-refractivity contribution in [2.45, 2.75) is 0 Å². The van der Waals surface area contributed by atoms with Gasteiger partial charge in [-0.25, -0.2) is 4.39 Å². The molecule has 0 radical (unpaired) electrons. The Bertz CT molecular complexity index is 656. The molecule has 2 aromatic carbocycles. The molecule has 0 spiro atoms. The average molecular weight is 339 g/mol. The summed E-state index contributed by atoms with van der Waals surface area (Å²) in [6.45, 7) is 0. The van der Waals surface area contributed by atoms with Crippen molar-refractivity contribution in [3.05, 3.63) is 46.2 Å². The van der Waals surface area contributed by atoms with E-state index in [-0.39, 0.29) is 5.56 Å². The molecule has 0 aliphatic heterocycles. The molecule has 2 aromatic rings. The number of halogens is 2. The number of hydrogen-bond acceptors (Lipinski definition) is 3. The van der Waals surface area contributed by atoms with Gasteiger partial charge in [0.25, 0.3) is 0 Å². The summed E-state index contributed by atoms with van der Waals surface area (Å²) in [5.41, 5.74) is 1.55. The third kappa shape index (κ3) is 2.54. The second kappa shape index (κ2) is 6.05. The van der Waals surface area contributed by atoms with Crippen LogP contribution in [0.15, 0.2) is 34.8 Å². The molecule has 20 heavy (non-hydrogen) atoms. The molecule has 104 valence electrons. The number of carbonyl (C=O) groups is 1. The fourth-order valence-corrected chi connectivity index (χ4v) is 2.65. The maximum atomic E-state index is 13.2. The maximum Gasteiger partial charge on any atom is 0.150 e. The van der Waals surface area contributed by atoms with Crippen LogP contribution in [-0.2, 0) is 0 Å². The van der Waals surface area contributed by atoms with Crippen molar-refractivity contribution in [3.8, 4) is 22.6 Å². The van der Waals surface area contributed by atoms with Crippen molar-refractivity contribution in [1.82, 2.24) is 0 Å². The van der Waals surface area contributed by atoms with E-state index in [1.54, 1.807) is 25.3 Å². The first-order chi connectivity index (χ1) is 9.62. The number of ether oxygens (including phenoxy) is 2. The fraction of sp³-hybridized carbons (Fsp3) is 0.133. The standard InChI is InChI=1S/C15H12BrFO3/c1-19-13-6-5-12(15(20-2)14(13)16)11-4-3-10(17)7-9(11)8-18/h3-8H,1-2H3. The number of hydrogen-bond donors (Lipinski definition) is 0. The van der Waals surface area contributed by atoms with Crippen LogP contribution in [0.1, 0.15) is 10.4 Å². The molecule has 0 unspecified atom stereocenters. The molecule has 3 nitrogen and oxygen atoms in total. The molecule has 0 aliphatic rings. The Morgan fingerprint density at radius 2 is 1.80 bits per heavy atom. The Hall–Kier alpha value is -1.88. The molecule has 0 aromatic heterocycles. The van der Waals surface area contributed by atoms with Gasteiger partial charge in [0, 0.05) is 11.1 Å². The fourth-order valence-electron chi connectivity index (χ4n) is 1.98. The quantitative estimate of drug-likeness (QED) is 0.788. The maximum absolute atomic E-state index is 13.2. The Kier molecular flexibility index (Phi) is 4.39. The van der Waals surface area contributed by atoms with Gasteiger partial charge in [-0.3, -0.25) is 4.79 Å². The van der Waals surface area contributed by atoms with Crippen LogP contribution < -0.4 is 9.47 Å². The lowest BCUT2D eigenvalue weighted by atomic mass is 9.99. The molecule has 0 N–H and O–H groups in total. The van der Waals surface area contributed by atoms with Crippen LogP contribution in [-0.4, -0.2) is 20.5 Å². The minimum absolute atomic E-state index is 0.264. The Morgan fingerprint density at radius 3 is 2.40 bits per heavy atom. The highest BCUT2D eigenvalue weighted by Gasteiger charge is 2.16. The van der Waals surface area contributed by atoms with E-state index in [1.165, 1.54) is 19.2 Å². The van der Waals surface area contributed by atoms with Crippen molar-refractivity contribution < 1.29 is 18.7 Å². The van der Waals surface area contributed by atoms with Gasteiger partial charge in [0.15, 0.2) is 6.29 Å². The lowest BCUT2D eigenvalue weighted by Gasteiger charge is -2.14. The summed E-state index contributed by atoms with van der Waals surface area (Å²) in [6, 6.07) is 7.57. The smallest absolute Gasteiger partial charge is 0.150 e. The van der Waals surface area contributed by atoms with Gasteiger partial charge >= 0.3 is 0 Å². The average Bonchev–Trinajstić information content (AvgIpc) is 2.46. The summed E-state index contributed by atoms with van der Waals surface area (Å²) in [7, 11) is 3.07. The molecule has 0 aliphatic carbocycles. The van der Waals surface area contributed by atoms with Crippen LogP contribution >= 0.6 is 15.9 Å². The molecule has 2 rings (SSSR count). The van der Waals surface area contributed by atoms with E-state index in [1.807, 2.05) is 0 Å². The zero-order chi connectivity index (χ0) is 14.7. The molecule has 0 fully saturated rings. The molecule has 0 heterocycles. The van der Waals surface area contributed by atoms with Gasteiger partial charge in [0.2, 0.25) is 0 Å². The topological polar surface area (TPSA) is 35.5 Å². The summed E-state index contributed by atoms with van der Waals surface area (Å²) >= 11 is 3.40. The van der Waals surface area contributed by atoms with E-state index in [9.17, 15) is 9.18 Å². The van der Waals surface area contributed by atoms with Gasteiger partial charge in [-0.2, -0.15) is 0 Å². The second-order valence-electron chi connectivity index (χ2n) is 4.01. The largest absolute Gasteiger partial charge is 0.495 e. The lowest BCUT2D eigenvalue weighted by Crippen LogP contribution is -1.96. The lowest BCUT2D eigenvalue weighted by molar-refractivity contribution is 0.112. The third-order valence-electron chi connectivity index (χ3n) is 2.92. The van der Waals surface area contributed by atoms with E-state index in [4.69, 9.17) is 9.47 Å². The van der Waals surface area contributed by atoms with Crippen LogP contribution in [0.25, 0.3) is 11.1 Å². The van der Waals surface area contributed by atoms with Crippen LogP contribution in [0.3, 0.4) is 0 Å². The Labute approximate surface area is 124 Å². The summed E-state index contributed by atoms with van der Waals surface area (Å²) in [4.78, 5) is 11.1. The van der Waals surface area contributed by atoms with Crippen molar-refractivity contribution >= 4 is 22.2 Å². The van der Waals surface area contributed by atoms with E-state index in [2.05, 4.69) is 15.9 Å². The SMILES string of the molecule is COc1ccc(-c2ccc(F)cc2C=O)c(OC)c1Br. The highest BCUT2D eigenvalue weighted by molar-refractivity contribution is 9.10. The summed E-state index contributed by atoms with van der Waals surface area (Å²) in [5, 5.41) is 0. The molecule has 0 saturated heterocycles. The van der Waals surface area contributed by atoms with E-state index in [0.717, 1.165) is 0 Å². The molecule has 0 amide bonds. The molecule has 0 atom stereocenters. The van der Waals surface area contributed by atoms with Gasteiger partial charge in [0.1, 0.15) is 21.8 Å². The summed E-state index contributed by atoms with van der Waals surface area (Å²) in [5.74, 6) is 0.682. The highest BCUT2D eigenvalue weighted by atomic mass is 79.9. The van der Waals surface area contributed by atoms with Crippen molar-refractivity contribution in [2.24, 2.45) is 0 Å². The highest BCUT2D eigenvalue weighted by Crippen LogP contribution is 2.42. The molecule has 0 bridgehead atoms. The number of carbonyl (C=O) groups excluding carboxylic acids is 1. The van der Waals surface area contributed by atoms with E-state index >= 15 is 0 Å². The normalized spacial score (nSPS) is 10.2. The van der Waals surface area contributed by atoms with Crippen LogP contribution in [0.5, 0.6) is 11.5 Å². The molecule has 0 saturated carbocycles. The predicted molar refractivity (Wildman–Crippen MR) is 78.0 cm³/mol. The number of aldehydes is 1. The summed E-state index contributed by atoms with van der Waals surface area (Å²) in [6.07, 6.45) is 0.621. The Morgan fingerprint density at radius 1 is 1.10 bits per heavy atom. The van der Waals surface area contributed by atoms with Crippen LogP contribution in [0, 0.1) is 5.82 Å². The minimum atomic E-state index is -0.456. The van der Waals surface area contributed by atoms with Crippen molar-refractivity contribution in [2.75, 3.05) is 14.2 Å². The van der Waals surface area contributed by atoms with Crippen LogP contribution in [0.4, 0.5) is 4.39 Å². The second-order valence-corrected chi connectivity index (χ2v) is 4.81. The first kappa shape index (κ1) is 14.5. The summed E-state index contributed by atoms with van der Waals surface area (Å²) < 4.78 is 24.4. The number of benzene rings is 2. The van der Waals surface area contributed by atoms with Gasteiger partial charge in [-0.05, 0) is 45.8 Å². The monoisotopic (exact) mass is 338 g/mol. The zero-order valence-corrected chi connectivity index (χ0v) is 12.5. The molecular formula is C15H12BrFO3. The van der Waals surface area contributed by atoms with Gasteiger partial charge in [-0.1, -0.05) is 6.07 Å². The van der Waals surface area contributed by atoms with Gasteiger partial charge < -0.3 is 9.47 Å². The number of rotatable bonds is 4. The van der Waals surface area contributed by atoms with Crippen molar-refractivity contribution in [1.29, 1.82) is 0 Å². The van der Waals surface area contributed by atoms with E-state index in [0.29, 0.717) is 33.4 Å². The zero-order valence-electron chi connectivity index (χ0n) is 10.9. The van der Waals surface area contributed by atoms with E-state index < -0.39 is 5.82 Å². The first-order valence-corrected chi connectivity index (χ1v) is 6.57.